The van der Waals surface area contributed by atoms with E-state index in [1.54, 1.807) is 7.11 Å². The highest BCUT2D eigenvalue weighted by Gasteiger charge is 2.47. The van der Waals surface area contributed by atoms with Crippen LogP contribution in [-0.4, -0.2) is 48.2 Å². The van der Waals surface area contributed by atoms with Crippen molar-refractivity contribution in [2.45, 2.75) is 58.4 Å². The Labute approximate surface area is 127 Å². The van der Waals surface area contributed by atoms with Crippen LogP contribution in [0.3, 0.4) is 0 Å². The van der Waals surface area contributed by atoms with Crippen molar-refractivity contribution in [1.29, 1.82) is 0 Å². The molecule has 1 saturated carbocycles. The van der Waals surface area contributed by atoms with Crippen LogP contribution in [0.1, 0.15) is 52.4 Å². The van der Waals surface area contributed by atoms with Gasteiger partial charge in [-0.25, -0.2) is 0 Å². The lowest BCUT2D eigenvalue weighted by Crippen LogP contribution is -2.53. The normalized spacial score (nSPS) is 16.0. The van der Waals surface area contributed by atoms with Gasteiger partial charge in [0.1, 0.15) is 5.41 Å². The molecule has 0 aromatic carbocycles. The van der Waals surface area contributed by atoms with Gasteiger partial charge < -0.3 is 20.6 Å². The average Bonchev–Trinajstić information content (AvgIpc) is 3.31. The molecule has 122 valence electrons. The van der Waals surface area contributed by atoms with Crippen molar-refractivity contribution in [3.8, 4) is 0 Å². The van der Waals surface area contributed by atoms with Crippen molar-refractivity contribution in [3.05, 3.63) is 0 Å². The molecule has 0 aromatic heterocycles. The second-order valence-corrected chi connectivity index (χ2v) is 5.79. The summed E-state index contributed by atoms with van der Waals surface area (Å²) in [5.41, 5.74) is 5.05. The fraction of sp³-hybridized carbons (Fsp3) is 0.867. The second kappa shape index (κ2) is 8.22. The summed E-state index contributed by atoms with van der Waals surface area (Å²) in [7, 11) is 1.63. The zero-order chi connectivity index (χ0) is 15.9. The summed E-state index contributed by atoms with van der Waals surface area (Å²) in [4.78, 5) is 15.0. The van der Waals surface area contributed by atoms with Gasteiger partial charge in [-0.05, 0) is 25.7 Å². The van der Waals surface area contributed by atoms with E-state index < -0.39 is 5.41 Å². The summed E-state index contributed by atoms with van der Waals surface area (Å²) in [6, 6.07) is 0.284. The minimum atomic E-state index is -0.880. The Morgan fingerprint density at radius 2 is 1.95 bits per heavy atom. The van der Waals surface area contributed by atoms with E-state index in [-0.39, 0.29) is 17.8 Å². The van der Waals surface area contributed by atoms with Crippen LogP contribution in [0.15, 0.2) is 5.16 Å². The van der Waals surface area contributed by atoms with Crippen molar-refractivity contribution in [3.63, 3.8) is 0 Å². The van der Waals surface area contributed by atoms with Gasteiger partial charge in [0.25, 0.3) is 0 Å². The van der Waals surface area contributed by atoms with Crippen LogP contribution >= 0.6 is 0 Å². The number of oxime groups is 1. The zero-order valence-electron chi connectivity index (χ0n) is 13.5. The predicted molar refractivity (Wildman–Crippen MR) is 82.3 cm³/mol. The molecule has 0 heterocycles. The minimum absolute atomic E-state index is 0.0129. The van der Waals surface area contributed by atoms with Gasteiger partial charge in [-0.15, -0.1) is 0 Å². The van der Waals surface area contributed by atoms with Gasteiger partial charge >= 0.3 is 0 Å². The summed E-state index contributed by atoms with van der Waals surface area (Å²) in [5.74, 6) is 0.0281. The molecule has 0 unspecified atom stereocenters. The lowest BCUT2D eigenvalue weighted by molar-refractivity contribution is -0.140. The molecule has 0 radical (unpaired) electrons. The highest BCUT2D eigenvalue weighted by molar-refractivity contribution is 6.06. The van der Waals surface area contributed by atoms with E-state index in [2.05, 4.69) is 5.16 Å². The zero-order valence-corrected chi connectivity index (χ0v) is 13.5. The van der Waals surface area contributed by atoms with Crippen LogP contribution in [0.4, 0.5) is 0 Å². The number of hydrogen-bond donors (Lipinski definition) is 2. The summed E-state index contributed by atoms with van der Waals surface area (Å²) >= 11 is 0. The molecule has 0 saturated heterocycles. The van der Waals surface area contributed by atoms with E-state index in [9.17, 15) is 4.79 Å². The molecule has 1 aliphatic carbocycles. The van der Waals surface area contributed by atoms with E-state index in [4.69, 9.17) is 15.7 Å². The maximum atomic E-state index is 13.1. The molecule has 1 fully saturated rings. The fourth-order valence-corrected chi connectivity index (χ4v) is 2.95. The monoisotopic (exact) mass is 299 g/mol. The van der Waals surface area contributed by atoms with E-state index in [0.717, 1.165) is 25.7 Å². The Morgan fingerprint density at radius 1 is 1.38 bits per heavy atom. The maximum absolute atomic E-state index is 13.1. The molecule has 0 spiro atoms. The van der Waals surface area contributed by atoms with Crippen molar-refractivity contribution in [2.75, 3.05) is 20.3 Å². The second-order valence-electron chi connectivity index (χ2n) is 5.79. The smallest absolute Gasteiger partial charge is 0.236 e. The number of hydrogen-bond acceptors (Lipinski definition) is 4. The largest absolute Gasteiger partial charge is 0.409 e. The van der Waals surface area contributed by atoms with Gasteiger partial charge in [0, 0.05) is 19.7 Å². The number of nitrogens with zero attached hydrogens (tertiary/aromatic N) is 2. The van der Waals surface area contributed by atoms with Crippen molar-refractivity contribution >= 4 is 11.7 Å². The molecule has 6 nitrogen and oxygen atoms in total. The van der Waals surface area contributed by atoms with Gasteiger partial charge in [0.05, 0.1) is 6.61 Å². The van der Waals surface area contributed by atoms with Gasteiger partial charge in [-0.2, -0.15) is 0 Å². The summed E-state index contributed by atoms with van der Waals surface area (Å²) < 4.78 is 5.12. The van der Waals surface area contributed by atoms with Gasteiger partial charge in [0.2, 0.25) is 5.91 Å². The van der Waals surface area contributed by atoms with Crippen molar-refractivity contribution in [1.82, 2.24) is 4.90 Å². The molecule has 0 bridgehead atoms. The fourth-order valence-electron chi connectivity index (χ4n) is 2.95. The van der Waals surface area contributed by atoms with E-state index in [0.29, 0.717) is 26.0 Å². The Morgan fingerprint density at radius 3 is 2.33 bits per heavy atom. The molecule has 0 aliphatic heterocycles. The highest BCUT2D eigenvalue weighted by atomic mass is 16.5. The lowest BCUT2D eigenvalue weighted by Gasteiger charge is -2.36. The Kier molecular flexibility index (Phi) is 6.95. The van der Waals surface area contributed by atoms with E-state index in [1.807, 2.05) is 18.7 Å². The van der Waals surface area contributed by atoms with Crippen LogP contribution in [0.5, 0.6) is 0 Å². The minimum Gasteiger partial charge on any atom is -0.409 e. The topological polar surface area (TPSA) is 88.2 Å². The molecule has 1 amide bonds. The molecular formula is C15H29N3O3. The first-order valence-electron chi connectivity index (χ1n) is 7.85. The van der Waals surface area contributed by atoms with E-state index >= 15 is 0 Å². The van der Waals surface area contributed by atoms with Crippen LogP contribution in [0.25, 0.3) is 0 Å². The summed E-state index contributed by atoms with van der Waals surface area (Å²) in [5, 5.41) is 12.3. The van der Waals surface area contributed by atoms with Crippen molar-refractivity contribution < 1.29 is 14.7 Å². The maximum Gasteiger partial charge on any atom is 0.236 e. The van der Waals surface area contributed by atoms with Gasteiger partial charge in [-0.1, -0.05) is 31.8 Å². The van der Waals surface area contributed by atoms with Crippen LogP contribution in [0, 0.1) is 5.41 Å². The van der Waals surface area contributed by atoms with E-state index in [1.165, 1.54) is 0 Å². The van der Waals surface area contributed by atoms with Crippen LogP contribution in [0.2, 0.25) is 0 Å². The Hall–Kier alpha value is -1.30. The molecule has 3 N–H and O–H groups in total. The third kappa shape index (κ3) is 4.09. The molecule has 1 rings (SSSR count). The number of amidine groups is 1. The SMILES string of the molecule is CCCC(CCC)(C(=O)N(CCOC)C1CC1)C(N)=NO. The number of methoxy groups -OCH3 is 1. The first-order chi connectivity index (χ1) is 10.1. The number of ether oxygens (including phenoxy) is 1. The van der Waals surface area contributed by atoms with Gasteiger partial charge in [-0.3, -0.25) is 4.79 Å². The first-order valence-corrected chi connectivity index (χ1v) is 7.85. The lowest BCUT2D eigenvalue weighted by atomic mass is 9.76. The van der Waals surface area contributed by atoms with Crippen LogP contribution in [-0.2, 0) is 9.53 Å². The molecule has 1 aliphatic rings. The molecule has 6 heteroatoms. The Bertz CT molecular complexity index is 361. The van der Waals surface area contributed by atoms with Crippen LogP contribution < -0.4 is 5.73 Å². The molecule has 21 heavy (non-hydrogen) atoms. The first kappa shape index (κ1) is 17.8. The third-order valence-electron chi connectivity index (χ3n) is 4.15. The van der Waals surface area contributed by atoms with Crippen molar-refractivity contribution in [2.24, 2.45) is 16.3 Å². The number of nitrogens with two attached hydrogens (primary N) is 1. The number of carbonyl (C=O) groups excluding carboxylic acids is 1. The predicted octanol–water partition coefficient (Wildman–Crippen LogP) is 1.96. The highest BCUT2D eigenvalue weighted by Crippen LogP contribution is 2.37. The molecule has 0 aromatic rings. The quantitative estimate of drug-likeness (QED) is 0.279. The standard InChI is InChI=1S/C15H29N3O3/c1-4-8-15(9-5-2,13(16)17-20)14(19)18(10-11-21-3)12-6-7-12/h12,20H,4-11H2,1-3H3,(H2,16,17). The average molecular weight is 299 g/mol. The van der Waals surface area contributed by atoms with Gasteiger partial charge in [0.15, 0.2) is 5.84 Å². The summed E-state index contributed by atoms with van der Waals surface area (Å²) in [6.45, 7) is 5.10. The molecular weight excluding hydrogens is 270 g/mol. The third-order valence-corrected chi connectivity index (χ3v) is 4.15. The molecule has 0 atom stereocenters. The number of rotatable bonds is 10. The number of amides is 1. The number of carbonyl (C=O) groups is 1. The Balaban J connectivity index is 3.05. The summed E-state index contributed by atoms with van der Waals surface area (Å²) in [6.07, 6.45) is 4.88.